The number of anilines is 1. The molecule has 1 aromatic carbocycles. The third kappa shape index (κ3) is 2.76. The lowest BCUT2D eigenvalue weighted by atomic mass is 10.1. The number of aryl methyl sites for hydroxylation is 1. The van der Waals surface area contributed by atoms with Gasteiger partial charge in [-0.3, -0.25) is 0 Å². The van der Waals surface area contributed by atoms with Crippen molar-refractivity contribution in [1.29, 1.82) is 0 Å². The third-order valence-corrected chi connectivity index (χ3v) is 3.78. The molecule has 0 unspecified atom stereocenters. The van der Waals surface area contributed by atoms with Crippen LogP contribution < -0.4 is 4.90 Å². The van der Waals surface area contributed by atoms with Crippen molar-refractivity contribution in [3.05, 3.63) is 34.2 Å². The van der Waals surface area contributed by atoms with Crippen LogP contribution in [0, 0.1) is 17.9 Å². The summed E-state index contributed by atoms with van der Waals surface area (Å²) in [5.74, 6) is -0.341. The zero-order valence-electron chi connectivity index (χ0n) is 11.2. The Balaban J connectivity index is 2.41. The Morgan fingerprint density at radius 1 is 1.21 bits per heavy atom. The van der Waals surface area contributed by atoms with Crippen molar-refractivity contribution in [2.75, 3.05) is 18.0 Å². The van der Waals surface area contributed by atoms with E-state index in [0.717, 1.165) is 24.4 Å². The highest BCUT2D eigenvalue weighted by Gasteiger charge is 2.14. The van der Waals surface area contributed by atoms with E-state index >= 15 is 0 Å². The Labute approximate surface area is 115 Å². The van der Waals surface area contributed by atoms with Crippen LogP contribution >= 0.6 is 11.3 Å². The smallest absolute Gasteiger partial charge is 0.204 e. The van der Waals surface area contributed by atoms with Crippen LogP contribution in [0.5, 0.6) is 0 Å². The Kier molecular flexibility index (Phi) is 4.14. The van der Waals surface area contributed by atoms with Crippen molar-refractivity contribution < 1.29 is 8.78 Å². The van der Waals surface area contributed by atoms with Crippen LogP contribution in [-0.4, -0.2) is 18.1 Å². The van der Waals surface area contributed by atoms with Gasteiger partial charge in [-0.15, -0.1) is 0 Å². The molecule has 0 aliphatic carbocycles. The molecule has 0 saturated heterocycles. The fourth-order valence-corrected chi connectivity index (χ4v) is 2.71. The quantitative estimate of drug-likeness (QED) is 0.833. The molecule has 0 spiro atoms. The minimum absolute atomic E-state index is 0.229. The average molecular weight is 282 g/mol. The van der Waals surface area contributed by atoms with Gasteiger partial charge in [0.25, 0.3) is 0 Å². The highest BCUT2D eigenvalue weighted by Crippen LogP contribution is 2.29. The molecule has 0 atom stereocenters. The van der Waals surface area contributed by atoms with Crippen molar-refractivity contribution in [1.82, 2.24) is 4.98 Å². The van der Waals surface area contributed by atoms with E-state index in [1.54, 1.807) is 19.1 Å². The highest BCUT2D eigenvalue weighted by molar-refractivity contribution is 7.10. The van der Waals surface area contributed by atoms with E-state index in [1.807, 2.05) is 18.7 Å². The van der Waals surface area contributed by atoms with Gasteiger partial charge in [-0.25, -0.2) is 9.37 Å². The summed E-state index contributed by atoms with van der Waals surface area (Å²) in [5.41, 5.74) is 1.25. The number of hydrogen-bond donors (Lipinski definition) is 0. The Bertz CT molecular complexity index is 577. The second-order valence-corrected chi connectivity index (χ2v) is 5.35. The SMILES string of the molecule is CCN(CC)c1ccc(-c2nc(C)sc2F)cc1F. The molecule has 2 rings (SSSR count). The standard InChI is InChI=1S/C14H16F2N2S/c1-4-18(5-2)12-7-6-10(8-11(12)15)13-14(16)19-9(3)17-13/h6-8H,4-5H2,1-3H3. The second kappa shape index (κ2) is 5.65. The molecule has 0 bridgehead atoms. The lowest BCUT2D eigenvalue weighted by Gasteiger charge is -2.21. The molecule has 2 aromatic rings. The van der Waals surface area contributed by atoms with Crippen LogP contribution in [0.3, 0.4) is 0 Å². The first kappa shape index (κ1) is 13.9. The van der Waals surface area contributed by atoms with Gasteiger partial charge in [-0.1, -0.05) is 17.4 Å². The molecule has 0 N–H and O–H groups in total. The number of nitrogens with zero attached hydrogens (tertiary/aromatic N) is 2. The van der Waals surface area contributed by atoms with E-state index in [2.05, 4.69) is 4.98 Å². The molecule has 0 aliphatic rings. The normalized spacial score (nSPS) is 10.8. The number of thiazole rings is 1. The molecule has 0 aliphatic heterocycles. The first-order valence-corrected chi connectivity index (χ1v) is 7.06. The van der Waals surface area contributed by atoms with Crippen LogP contribution in [0.15, 0.2) is 18.2 Å². The van der Waals surface area contributed by atoms with Gasteiger partial charge in [0.05, 0.1) is 10.7 Å². The maximum Gasteiger partial charge on any atom is 0.204 e. The van der Waals surface area contributed by atoms with Gasteiger partial charge in [0, 0.05) is 18.7 Å². The lowest BCUT2D eigenvalue weighted by molar-refractivity contribution is 0.620. The highest BCUT2D eigenvalue weighted by atomic mass is 32.1. The van der Waals surface area contributed by atoms with E-state index in [4.69, 9.17) is 0 Å². The maximum absolute atomic E-state index is 14.1. The summed E-state index contributed by atoms with van der Waals surface area (Å²) in [4.78, 5) is 6.02. The predicted octanol–water partition coefficient (Wildman–Crippen LogP) is 4.24. The van der Waals surface area contributed by atoms with Crippen LogP contribution in [-0.2, 0) is 0 Å². The summed E-state index contributed by atoms with van der Waals surface area (Å²) in [5, 5.41) is 0.271. The topological polar surface area (TPSA) is 16.1 Å². The minimum atomic E-state index is -0.368. The zero-order chi connectivity index (χ0) is 14.0. The van der Waals surface area contributed by atoms with E-state index < -0.39 is 0 Å². The van der Waals surface area contributed by atoms with Gasteiger partial charge in [0.2, 0.25) is 5.13 Å². The van der Waals surface area contributed by atoms with E-state index in [1.165, 1.54) is 6.07 Å². The van der Waals surface area contributed by atoms with Gasteiger partial charge < -0.3 is 4.90 Å². The van der Waals surface area contributed by atoms with Gasteiger partial charge >= 0.3 is 0 Å². The number of benzene rings is 1. The predicted molar refractivity (Wildman–Crippen MR) is 75.8 cm³/mol. The fourth-order valence-electron chi connectivity index (χ4n) is 2.06. The van der Waals surface area contributed by atoms with E-state index in [-0.39, 0.29) is 16.6 Å². The molecule has 0 amide bonds. The Hall–Kier alpha value is -1.49. The molecule has 0 fully saturated rings. The fraction of sp³-hybridized carbons (Fsp3) is 0.357. The maximum atomic E-state index is 14.1. The summed E-state index contributed by atoms with van der Waals surface area (Å²) in [7, 11) is 0. The van der Waals surface area contributed by atoms with E-state index in [9.17, 15) is 8.78 Å². The first-order chi connectivity index (χ1) is 9.06. The third-order valence-electron chi connectivity index (χ3n) is 3.02. The number of halogens is 2. The molecule has 102 valence electrons. The largest absolute Gasteiger partial charge is 0.370 e. The van der Waals surface area contributed by atoms with Crippen LogP contribution in [0.4, 0.5) is 14.5 Å². The molecule has 0 saturated carbocycles. The van der Waals surface area contributed by atoms with Crippen molar-refractivity contribution in [3.63, 3.8) is 0 Å². The number of aromatic nitrogens is 1. The van der Waals surface area contributed by atoms with Crippen molar-refractivity contribution in [3.8, 4) is 11.3 Å². The van der Waals surface area contributed by atoms with Crippen molar-refractivity contribution in [2.24, 2.45) is 0 Å². The lowest BCUT2D eigenvalue weighted by Crippen LogP contribution is -2.22. The summed E-state index contributed by atoms with van der Waals surface area (Å²) in [6, 6.07) is 4.76. The van der Waals surface area contributed by atoms with Gasteiger partial charge in [-0.05, 0) is 32.9 Å². The summed E-state index contributed by atoms with van der Waals surface area (Å²) in [6.07, 6.45) is 0. The Morgan fingerprint density at radius 2 is 1.89 bits per heavy atom. The minimum Gasteiger partial charge on any atom is -0.370 e. The Morgan fingerprint density at radius 3 is 2.37 bits per heavy atom. The molecule has 2 nitrogen and oxygen atoms in total. The molecular weight excluding hydrogens is 266 g/mol. The monoisotopic (exact) mass is 282 g/mol. The number of hydrogen-bond acceptors (Lipinski definition) is 3. The van der Waals surface area contributed by atoms with Gasteiger partial charge in [-0.2, -0.15) is 4.39 Å². The molecular formula is C14H16F2N2S. The number of rotatable bonds is 4. The summed E-state index contributed by atoms with van der Waals surface area (Å²) in [6.45, 7) is 7.15. The van der Waals surface area contributed by atoms with Gasteiger partial charge in [0.15, 0.2) is 0 Å². The van der Waals surface area contributed by atoms with E-state index in [0.29, 0.717) is 16.3 Å². The summed E-state index contributed by atoms with van der Waals surface area (Å²) >= 11 is 0.979. The molecule has 19 heavy (non-hydrogen) atoms. The van der Waals surface area contributed by atoms with Gasteiger partial charge in [0.1, 0.15) is 11.5 Å². The van der Waals surface area contributed by atoms with Crippen molar-refractivity contribution >= 4 is 17.0 Å². The molecule has 5 heteroatoms. The zero-order valence-corrected chi connectivity index (χ0v) is 12.0. The molecule has 0 radical (unpaired) electrons. The summed E-state index contributed by atoms with van der Waals surface area (Å²) < 4.78 is 27.8. The van der Waals surface area contributed by atoms with Crippen molar-refractivity contribution in [2.45, 2.75) is 20.8 Å². The molecule has 1 heterocycles. The van der Waals surface area contributed by atoms with Crippen LogP contribution in [0.1, 0.15) is 18.9 Å². The second-order valence-electron chi connectivity index (χ2n) is 4.19. The average Bonchev–Trinajstić information content (AvgIpc) is 2.72. The first-order valence-electron chi connectivity index (χ1n) is 6.24. The molecule has 1 aromatic heterocycles. The van der Waals surface area contributed by atoms with Crippen LogP contribution in [0.25, 0.3) is 11.3 Å². The van der Waals surface area contributed by atoms with Crippen LogP contribution in [0.2, 0.25) is 0 Å².